The third-order valence-corrected chi connectivity index (χ3v) is 2.69. The van der Waals surface area contributed by atoms with Gasteiger partial charge in [-0.1, -0.05) is 0 Å². The van der Waals surface area contributed by atoms with Gasteiger partial charge < -0.3 is 21.7 Å². The summed E-state index contributed by atoms with van der Waals surface area (Å²) in [5, 5.41) is 17.0. The summed E-state index contributed by atoms with van der Waals surface area (Å²) in [7, 11) is 0. The molecule has 0 aromatic rings. The van der Waals surface area contributed by atoms with Crippen molar-refractivity contribution in [1.29, 1.82) is 0 Å². The van der Waals surface area contributed by atoms with E-state index in [1.54, 1.807) is 0 Å². The van der Waals surface area contributed by atoms with Crippen molar-refractivity contribution in [3.05, 3.63) is 0 Å². The number of aliphatic carboxylic acids is 2. The molecule has 0 rings (SSSR count). The Kier molecular flexibility index (Phi) is 8.33. The summed E-state index contributed by atoms with van der Waals surface area (Å²) in [6.07, 6.45) is 0.706. The molecule has 8 nitrogen and oxygen atoms in total. The number of unbranched alkanes of at least 4 members (excludes halogenated alkanes) is 1. The van der Waals surface area contributed by atoms with Crippen LogP contribution in [0.25, 0.3) is 0 Å². The van der Waals surface area contributed by atoms with Gasteiger partial charge in [0.2, 0.25) is 0 Å². The Bertz CT molecular complexity index is 346. The highest BCUT2D eigenvalue weighted by Gasteiger charge is 2.17. The van der Waals surface area contributed by atoms with Crippen molar-refractivity contribution < 1.29 is 29.4 Å². The number of rotatable bonds is 11. The lowest BCUT2D eigenvalue weighted by molar-refractivity contribution is -0.140. The first-order valence-electron chi connectivity index (χ1n) is 6.24. The summed E-state index contributed by atoms with van der Waals surface area (Å²) in [4.78, 5) is 43.5. The van der Waals surface area contributed by atoms with Gasteiger partial charge >= 0.3 is 11.9 Å². The van der Waals surface area contributed by atoms with E-state index in [4.69, 9.17) is 21.7 Å². The van der Waals surface area contributed by atoms with Crippen molar-refractivity contribution in [3.63, 3.8) is 0 Å². The smallest absolute Gasteiger partial charge is 0.320 e. The van der Waals surface area contributed by atoms with Crippen molar-refractivity contribution >= 4 is 23.5 Å². The molecule has 20 heavy (non-hydrogen) atoms. The number of hydrogen-bond donors (Lipinski definition) is 4. The van der Waals surface area contributed by atoms with Crippen LogP contribution in [0.2, 0.25) is 0 Å². The Hall–Kier alpha value is -1.80. The number of Topliss-reactive ketones (excluding diaryl/α,β-unsaturated/α-hetero) is 2. The number of carboxylic acids is 2. The average molecular weight is 288 g/mol. The highest BCUT2D eigenvalue weighted by molar-refractivity contribution is 5.86. The molecule has 0 saturated carbocycles. The van der Waals surface area contributed by atoms with Gasteiger partial charge in [0.1, 0.15) is 23.7 Å². The molecule has 0 amide bonds. The van der Waals surface area contributed by atoms with E-state index in [1.165, 1.54) is 0 Å². The van der Waals surface area contributed by atoms with Crippen LogP contribution in [0, 0.1) is 0 Å². The maximum Gasteiger partial charge on any atom is 0.320 e. The molecular weight excluding hydrogens is 268 g/mol. The van der Waals surface area contributed by atoms with Crippen LogP contribution in [0.3, 0.4) is 0 Å². The fourth-order valence-electron chi connectivity index (χ4n) is 1.51. The Morgan fingerprint density at radius 1 is 0.750 bits per heavy atom. The third-order valence-electron chi connectivity index (χ3n) is 2.69. The van der Waals surface area contributed by atoms with Gasteiger partial charge in [-0.25, -0.2) is 0 Å². The second-order valence-corrected chi connectivity index (χ2v) is 4.58. The Morgan fingerprint density at radius 3 is 1.30 bits per heavy atom. The topological polar surface area (TPSA) is 161 Å². The van der Waals surface area contributed by atoms with E-state index in [0.29, 0.717) is 12.8 Å². The first-order chi connectivity index (χ1) is 9.23. The van der Waals surface area contributed by atoms with Crippen LogP contribution in [-0.2, 0) is 19.2 Å². The van der Waals surface area contributed by atoms with Crippen LogP contribution >= 0.6 is 0 Å². The maximum absolute atomic E-state index is 11.3. The van der Waals surface area contributed by atoms with E-state index >= 15 is 0 Å². The van der Waals surface area contributed by atoms with E-state index in [0.717, 1.165) is 0 Å². The lowest BCUT2D eigenvalue weighted by Crippen LogP contribution is -2.32. The van der Waals surface area contributed by atoms with Gasteiger partial charge in [0, 0.05) is 25.7 Å². The molecule has 0 saturated heterocycles. The molecule has 0 aliphatic carbocycles. The van der Waals surface area contributed by atoms with Gasteiger partial charge in [-0.2, -0.15) is 0 Å². The van der Waals surface area contributed by atoms with Crippen molar-refractivity contribution in [3.8, 4) is 0 Å². The predicted octanol–water partition coefficient (Wildman–Crippen LogP) is -0.711. The van der Waals surface area contributed by atoms with Gasteiger partial charge in [0.15, 0.2) is 0 Å². The lowest BCUT2D eigenvalue weighted by Gasteiger charge is -2.06. The molecule has 0 aromatic carbocycles. The van der Waals surface area contributed by atoms with Gasteiger partial charge in [-0.05, 0) is 12.8 Å². The predicted molar refractivity (Wildman–Crippen MR) is 68.9 cm³/mol. The second-order valence-electron chi connectivity index (χ2n) is 4.58. The van der Waals surface area contributed by atoms with E-state index in [-0.39, 0.29) is 37.2 Å². The quantitative estimate of drug-likeness (QED) is 0.362. The van der Waals surface area contributed by atoms with E-state index in [9.17, 15) is 19.2 Å². The van der Waals surface area contributed by atoms with E-state index < -0.39 is 24.0 Å². The SMILES string of the molecule is NC(CC(=O)CCCCC(=O)CC(N)C(=O)O)C(=O)O. The molecule has 0 heterocycles. The number of hydrogen-bond acceptors (Lipinski definition) is 6. The molecule has 0 radical (unpaired) electrons. The molecule has 2 atom stereocenters. The molecule has 0 aliphatic rings. The van der Waals surface area contributed by atoms with Crippen LogP contribution in [0.5, 0.6) is 0 Å². The van der Waals surface area contributed by atoms with Crippen LogP contribution in [0.1, 0.15) is 38.5 Å². The van der Waals surface area contributed by atoms with Crippen molar-refractivity contribution in [1.82, 2.24) is 0 Å². The number of carbonyl (C=O) groups is 4. The minimum atomic E-state index is -1.23. The Labute approximate surface area is 116 Å². The van der Waals surface area contributed by atoms with Crippen LogP contribution in [-0.4, -0.2) is 45.8 Å². The van der Waals surface area contributed by atoms with Gasteiger partial charge in [0.05, 0.1) is 0 Å². The summed E-state index contributed by atoms with van der Waals surface area (Å²) in [6.45, 7) is 0. The molecule has 6 N–H and O–H groups in total. The minimum Gasteiger partial charge on any atom is -0.480 e. The summed E-state index contributed by atoms with van der Waals surface area (Å²) in [5.41, 5.74) is 10.4. The summed E-state index contributed by atoms with van der Waals surface area (Å²) >= 11 is 0. The molecule has 114 valence electrons. The van der Waals surface area contributed by atoms with Gasteiger partial charge in [-0.3, -0.25) is 19.2 Å². The zero-order valence-corrected chi connectivity index (χ0v) is 11.1. The van der Waals surface area contributed by atoms with Gasteiger partial charge in [-0.15, -0.1) is 0 Å². The average Bonchev–Trinajstić information content (AvgIpc) is 2.34. The number of nitrogens with two attached hydrogens (primary N) is 2. The van der Waals surface area contributed by atoms with Crippen LogP contribution in [0.15, 0.2) is 0 Å². The largest absolute Gasteiger partial charge is 0.480 e. The molecule has 0 fully saturated rings. The second kappa shape index (κ2) is 9.16. The number of carbonyl (C=O) groups excluding carboxylic acids is 2. The Morgan fingerprint density at radius 2 is 1.05 bits per heavy atom. The standard InChI is InChI=1S/C12H20N2O6/c13-9(11(17)18)5-7(15)3-1-2-4-8(16)6-10(14)12(19)20/h9-10H,1-6,13-14H2,(H,17,18)(H,19,20). The van der Waals surface area contributed by atoms with Crippen LogP contribution in [0.4, 0.5) is 0 Å². The van der Waals surface area contributed by atoms with Crippen molar-refractivity contribution in [2.75, 3.05) is 0 Å². The van der Waals surface area contributed by atoms with Crippen LogP contribution < -0.4 is 11.5 Å². The monoisotopic (exact) mass is 288 g/mol. The number of ketones is 2. The molecule has 0 aliphatic heterocycles. The lowest BCUT2D eigenvalue weighted by atomic mass is 10.0. The molecule has 0 aromatic heterocycles. The van der Waals surface area contributed by atoms with Crippen molar-refractivity contribution in [2.24, 2.45) is 11.5 Å². The van der Waals surface area contributed by atoms with E-state index in [1.807, 2.05) is 0 Å². The molecule has 0 bridgehead atoms. The highest BCUT2D eigenvalue weighted by Crippen LogP contribution is 2.06. The summed E-state index contributed by atoms with van der Waals surface area (Å²) in [5.74, 6) is -2.99. The molecule has 2 unspecified atom stereocenters. The third kappa shape index (κ3) is 8.33. The summed E-state index contributed by atoms with van der Waals surface area (Å²) < 4.78 is 0. The number of carboxylic acid groups (broad SMARTS) is 2. The van der Waals surface area contributed by atoms with Gasteiger partial charge in [0.25, 0.3) is 0 Å². The highest BCUT2D eigenvalue weighted by atomic mass is 16.4. The maximum atomic E-state index is 11.3. The molecule has 8 heteroatoms. The Balaban J connectivity index is 3.76. The molecular formula is C12H20N2O6. The fraction of sp³-hybridized carbons (Fsp3) is 0.667. The zero-order valence-electron chi connectivity index (χ0n) is 11.1. The first kappa shape index (κ1) is 18.2. The fourth-order valence-corrected chi connectivity index (χ4v) is 1.51. The molecule has 0 spiro atoms. The minimum absolute atomic E-state index is 0.152. The van der Waals surface area contributed by atoms with E-state index in [2.05, 4.69) is 0 Å². The summed E-state index contributed by atoms with van der Waals surface area (Å²) in [6, 6.07) is -2.39. The first-order valence-corrected chi connectivity index (χ1v) is 6.24. The van der Waals surface area contributed by atoms with Crippen molar-refractivity contribution in [2.45, 2.75) is 50.6 Å². The zero-order chi connectivity index (χ0) is 15.7. The normalized spacial score (nSPS) is 13.5.